The van der Waals surface area contributed by atoms with E-state index in [1.807, 2.05) is 0 Å². The van der Waals surface area contributed by atoms with Gasteiger partial charge in [-0.05, 0) is 94.1 Å². The lowest BCUT2D eigenvalue weighted by Crippen LogP contribution is -1.99. The highest BCUT2D eigenvalue weighted by Gasteiger charge is 2.08. The molecule has 0 heterocycles. The molecule has 0 aliphatic carbocycles. The molecule has 40 heavy (non-hydrogen) atoms. The van der Waals surface area contributed by atoms with Crippen molar-refractivity contribution in [2.75, 3.05) is 0 Å². The third-order valence-corrected chi connectivity index (χ3v) is 11.7. The molecule has 0 radical (unpaired) electrons. The highest BCUT2D eigenvalue weighted by atomic mass is 127. The van der Waals surface area contributed by atoms with Gasteiger partial charge in [-0.3, -0.25) is 0 Å². The van der Waals surface area contributed by atoms with Crippen molar-refractivity contribution in [3.63, 3.8) is 0 Å². The topological polar surface area (TPSA) is 0 Å². The van der Waals surface area contributed by atoms with E-state index in [0.717, 1.165) is 0 Å². The predicted octanol–water partition coefficient (Wildman–Crippen LogP) is 14.9. The first-order valence-corrected chi connectivity index (χ1v) is 20.3. The molecule has 0 aromatic heterocycles. The Morgan fingerprint density at radius 2 is 0.525 bits per heavy atom. The summed E-state index contributed by atoms with van der Waals surface area (Å²) in [4.78, 5) is 0. The maximum atomic E-state index is 2.54. The molecule has 0 nitrogen and oxygen atoms in total. The Kier molecular flexibility index (Phi) is 28.8. The van der Waals surface area contributed by atoms with Crippen molar-refractivity contribution in [3.05, 3.63) is 30.4 Å². The maximum absolute atomic E-state index is 2.54. The standard InChI is InChI=1S/C38H68I2/c1-3-5-7-9-11-13-15-17-19-21-23-25-27-29-31-35-33-37(39)38(40)34-36(35)32-30-28-26-24-22-20-18-16-14-12-10-8-6-4-2/h33-34H,3-32H2,1-2H3. The minimum atomic E-state index is 1.29. The first-order chi connectivity index (χ1) is 19.7. The summed E-state index contributed by atoms with van der Waals surface area (Å²) in [6.07, 6.45) is 43.0. The molecule has 0 aliphatic heterocycles. The van der Waals surface area contributed by atoms with Crippen molar-refractivity contribution < 1.29 is 0 Å². The highest BCUT2D eigenvalue weighted by molar-refractivity contribution is 14.1. The maximum Gasteiger partial charge on any atom is 0.0266 e. The molecule has 0 atom stereocenters. The van der Waals surface area contributed by atoms with Crippen molar-refractivity contribution in [1.82, 2.24) is 0 Å². The van der Waals surface area contributed by atoms with Gasteiger partial charge in [0.2, 0.25) is 0 Å². The van der Waals surface area contributed by atoms with Crippen LogP contribution in [0.5, 0.6) is 0 Å². The minimum Gasteiger partial charge on any atom is -0.0654 e. The third-order valence-electron chi connectivity index (χ3n) is 8.84. The second-order valence-corrected chi connectivity index (χ2v) is 15.1. The van der Waals surface area contributed by atoms with Gasteiger partial charge in [-0.2, -0.15) is 0 Å². The molecule has 0 unspecified atom stereocenters. The van der Waals surface area contributed by atoms with E-state index in [9.17, 15) is 0 Å². The van der Waals surface area contributed by atoms with Crippen LogP contribution in [-0.4, -0.2) is 0 Å². The molecule has 0 bridgehead atoms. The van der Waals surface area contributed by atoms with Crippen LogP contribution in [0.2, 0.25) is 0 Å². The largest absolute Gasteiger partial charge is 0.0654 e. The lowest BCUT2D eigenvalue weighted by Gasteiger charge is -2.12. The monoisotopic (exact) mass is 778 g/mol. The zero-order valence-corrected chi connectivity index (χ0v) is 31.4. The molecule has 1 aromatic carbocycles. The first-order valence-electron chi connectivity index (χ1n) is 18.2. The van der Waals surface area contributed by atoms with Crippen molar-refractivity contribution in [2.45, 2.75) is 206 Å². The summed E-state index contributed by atoms with van der Waals surface area (Å²) in [5.41, 5.74) is 3.30. The average Bonchev–Trinajstić information content (AvgIpc) is 2.95. The molecule has 0 amide bonds. The lowest BCUT2D eigenvalue weighted by atomic mass is 9.96. The zero-order chi connectivity index (χ0) is 28.9. The van der Waals surface area contributed by atoms with Crippen LogP contribution in [0.15, 0.2) is 12.1 Å². The van der Waals surface area contributed by atoms with Crippen LogP contribution in [-0.2, 0) is 12.8 Å². The Labute approximate surface area is 280 Å². The molecule has 2 heteroatoms. The molecule has 0 spiro atoms. The van der Waals surface area contributed by atoms with Gasteiger partial charge in [-0.25, -0.2) is 0 Å². The van der Waals surface area contributed by atoms with Crippen LogP contribution in [0.25, 0.3) is 0 Å². The summed E-state index contributed by atoms with van der Waals surface area (Å²) in [5.74, 6) is 0. The van der Waals surface area contributed by atoms with Gasteiger partial charge in [0.15, 0.2) is 0 Å². The number of aryl methyl sites for hydroxylation is 2. The second kappa shape index (κ2) is 29.7. The third kappa shape index (κ3) is 23.2. The van der Waals surface area contributed by atoms with E-state index < -0.39 is 0 Å². The van der Waals surface area contributed by atoms with E-state index in [1.165, 1.54) is 200 Å². The Morgan fingerprint density at radius 1 is 0.325 bits per heavy atom. The minimum absolute atomic E-state index is 1.29. The second-order valence-electron chi connectivity index (χ2n) is 12.7. The van der Waals surface area contributed by atoms with Crippen LogP contribution < -0.4 is 0 Å². The molecule has 0 N–H and O–H groups in total. The van der Waals surface area contributed by atoms with Crippen LogP contribution in [0, 0.1) is 7.14 Å². The van der Waals surface area contributed by atoms with Crippen molar-refractivity contribution in [3.8, 4) is 0 Å². The van der Waals surface area contributed by atoms with E-state index in [0.29, 0.717) is 0 Å². The van der Waals surface area contributed by atoms with Gasteiger partial charge in [-0.15, -0.1) is 0 Å². The lowest BCUT2D eigenvalue weighted by molar-refractivity contribution is 0.534. The van der Waals surface area contributed by atoms with Gasteiger partial charge in [-0.1, -0.05) is 181 Å². The summed E-state index contributed by atoms with van der Waals surface area (Å²) >= 11 is 5.08. The van der Waals surface area contributed by atoms with Gasteiger partial charge in [0.25, 0.3) is 0 Å². The van der Waals surface area contributed by atoms with Crippen molar-refractivity contribution >= 4 is 45.2 Å². The Morgan fingerprint density at radius 3 is 0.750 bits per heavy atom. The highest BCUT2D eigenvalue weighted by Crippen LogP contribution is 2.25. The molecule has 0 saturated heterocycles. The van der Waals surface area contributed by atoms with Crippen LogP contribution in [0.3, 0.4) is 0 Å². The summed E-state index contributed by atoms with van der Waals surface area (Å²) in [7, 11) is 0. The number of hydrogen-bond donors (Lipinski definition) is 0. The summed E-state index contributed by atoms with van der Waals surface area (Å²) in [6.45, 7) is 4.62. The average molecular weight is 779 g/mol. The zero-order valence-electron chi connectivity index (χ0n) is 27.1. The number of unbranched alkanes of at least 4 members (excludes halogenated alkanes) is 26. The molecule has 234 valence electrons. The fourth-order valence-corrected chi connectivity index (χ4v) is 7.18. The van der Waals surface area contributed by atoms with E-state index in [4.69, 9.17) is 0 Å². The predicted molar refractivity (Wildman–Crippen MR) is 200 cm³/mol. The SMILES string of the molecule is CCCCCCCCCCCCCCCCc1cc(I)c(I)cc1CCCCCCCCCCCCCCCC. The summed E-state index contributed by atoms with van der Waals surface area (Å²) in [5, 5.41) is 0. The Bertz CT molecular complexity index is 611. The van der Waals surface area contributed by atoms with E-state index in [2.05, 4.69) is 71.2 Å². The van der Waals surface area contributed by atoms with Crippen molar-refractivity contribution in [2.24, 2.45) is 0 Å². The fourth-order valence-electron chi connectivity index (χ4n) is 6.11. The number of hydrogen-bond acceptors (Lipinski definition) is 0. The van der Waals surface area contributed by atoms with Crippen LogP contribution in [0.4, 0.5) is 0 Å². The molecule has 0 aliphatic rings. The quantitative estimate of drug-likeness (QED) is 0.0539. The van der Waals surface area contributed by atoms with Gasteiger partial charge in [0, 0.05) is 7.14 Å². The molecule has 1 aromatic rings. The fraction of sp³-hybridized carbons (Fsp3) is 0.842. The molecule has 0 fully saturated rings. The molecule has 0 saturated carbocycles. The summed E-state index contributed by atoms with van der Waals surface area (Å²) < 4.78 is 2.89. The molecule has 1 rings (SSSR count). The van der Waals surface area contributed by atoms with Gasteiger partial charge in [0.05, 0.1) is 0 Å². The first kappa shape index (κ1) is 38.7. The molecular weight excluding hydrogens is 710 g/mol. The van der Waals surface area contributed by atoms with E-state index in [1.54, 1.807) is 11.1 Å². The number of halogens is 2. The van der Waals surface area contributed by atoms with Gasteiger partial charge >= 0.3 is 0 Å². The van der Waals surface area contributed by atoms with Crippen molar-refractivity contribution in [1.29, 1.82) is 0 Å². The normalized spacial score (nSPS) is 11.5. The van der Waals surface area contributed by atoms with E-state index >= 15 is 0 Å². The number of rotatable bonds is 30. The van der Waals surface area contributed by atoms with Crippen LogP contribution in [0.1, 0.15) is 205 Å². The van der Waals surface area contributed by atoms with Crippen LogP contribution >= 0.6 is 45.2 Å². The summed E-state index contributed by atoms with van der Waals surface area (Å²) in [6, 6.07) is 5.01. The Balaban J connectivity index is 2.06. The van der Waals surface area contributed by atoms with Gasteiger partial charge in [0.1, 0.15) is 0 Å². The van der Waals surface area contributed by atoms with E-state index in [-0.39, 0.29) is 0 Å². The van der Waals surface area contributed by atoms with Gasteiger partial charge < -0.3 is 0 Å². The Hall–Kier alpha value is 0.680. The molecular formula is C38H68I2. The number of benzene rings is 1. The smallest absolute Gasteiger partial charge is 0.0266 e.